The Hall–Kier alpha value is -0.450. The molecule has 3 atom stereocenters. The van der Waals surface area contributed by atoms with Gasteiger partial charge in [0.05, 0.1) is 5.60 Å². The van der Waals surface area contributed by atoms with Crippen LogP contribution in [0.25, 0.3) is 0 Å². The summed E-state index contributed by atoms with van der Waals surface area (Å²) in [5.41, 5.74) is -1.39. The molecule has 100 valence electrons. The lowest BCUT2D eigenvalue weighted by atomic mass is 9.93. The molecule has 0 bridgehead atoms. The van der Waals surface area contributed by atoms with E-state index >= 15 is 0 Å². The molecule has 0 radical (unpaired) electrons. The molecule has 0 heterocycles. The van der Waals surface area contributed by atoms with E-state index in [1.807, 2.05) is 27.7 Å². The summed E-state index contributed by atoms with van der Waals surface area (Å²) in [7, 11) is 0. The van der Waals surface area contributed by atoms with Gasteiger partial charge >= 0.3 is 0 Å². The van der Waals surface area contributed by atoms with E-state index in [1.165, 1.54) is 0 Å². The van der Waals surface area contributed by atoms with Crippen LogP contribution in [0.1, 0.15) is 41.5 Å². The van der Waals surface area contributed by atoms with Crippen LogP contribution in [0.15, 0.2) is 0 Å². The molecular weight excluding hydrogens is 220 g/mol. The highest BCUT2D eigenvalue weighted by Gasteiger charge is 2.67. The molecule has 1 aliphatic rings. The lowest BCUT2D eigenvalue weighted by Gasteiger charge is -2.27. The molecule has 2 N–H and O–H groups in total. The fourth-order valence-corrected chi connectivity index (χ4v) is 2.78. The van der Waals surface area contributed by atoms with E-state index in [-0.39, 0.29) is 29.0 Å². The van der Waals surface area contributed by atoms with Crippen LogP contribution in [0.4, 0.5) is 0 Å². The Kier molecular flexibility index (Phi) is 3.73. The van der Waals surface area contributed by atoms with Gasteiger partial charge < -0.3 is 5.11 Å². The van der Waals surface area contributed by atoms with Gasteiger partial charge in [-0.05, 0) is 19.3 Å². The number of rotatable bonds is 5. The topological polar surface area (TPSA) is 66.8 Å². The molecule has 3 unspecified atom stereocenters. The predicted octanol–water partition coefficient (Wildman–Crippen LogP) is 2.11. The van der Waals surface area contributed by atoms with Crippen molar-refractivity contribution in [1.29, 1.82) is 0 Å². The first kappa shape index (κ1) is 14.6. The Morgan fingerprint density at radius 2 is 1.82 bits per heavy atom. The third-order valence-electron chi connectivity index (χ3n) is 3.92. The summed E-state index contributed by atoms with van der Waals surface area (Å²) in [4.78, 5) is 16.5. The minimum Gasteiger partial charge on any atom is -0.388 e. The van der Waals surface area contributed by atoms with E-state index in [0.29, 0.717) is 0 Å². The van der Waals surface area contributed by atoms with Gasteiger partial charge in [-0.3, -0.25) is 10.1 Å². The second kappa shape index (κ2) is 4.34. The van der Waals surface area contributed by atoms with Crippen molar-refractivity contribution in [3.63, 3.8) is 0 Å². The average molecular weight is 244 g/mol. The zero-order valence-electron chi connectivity index (χ0n) is 11.5. The third-order valence-corrected chi connectivity index (χ3v) is 3.92. The summed E-state index contributed by atoms with van der Waals surface area (Å²) < 4.78 is 0. The van der Waals surface area contributed by atoms with Gasteiger partial charge in [-0.2, -0.15) is 0 Å². The van der Waals surface area contributed by atoms with Crippen molar-refractivity contribution in [3.8, 4) is 0 Å². The van der Waals surface area contributed by atoms with Gasteiger partial charge in [0.25, 0.3) is 0 Å². The maximum Gasteiger partial charge on any atom is 0.139 e. The quantitative estimate of drug-likeness (QED) is 0.574. The lowest BCUT2D eigenvalue weighted by molar-refractivity contribution is -0.317. The molecule has 1 aliphatic carbocycles. The normalized spacial score (nSPS) is 29.2. The summed E-state index contributed by atoms with van der Waals surface area (Å²) in [5, 5.41) is 18.9. The summed E-state index contributed by atoms with van der Waals surface area (Å²) in [6.07, 6.45) is -0.731. The van der Waals surface area contributed by atoms with Crippen LogP contribution in [-0.4, -0.2) is 27.9 Å². The molecule has 0 amide bonds. The Morgan fingerprint density at radius 1 is 1.35 bits per heavy atom. The van der Waals surface area contributed by atoms with E-state index in [4.69, 9.17) is 5.26 Å². The van der Waals surface area contributed by atoms with Crippen LogP contribution in [0.3, 0.4) is 0 Å². The monoisotopic (exact) mass is 244 g/mol. The second-order valence-electron chi connectivity index (χ2n) is 6.56. The number of carbonyl (C=O) groups is 1. The van der Waals surface area contributed by atoms with Crippen molar-refractivity contribution in [2.45, 2.75) is 53.2 Å². The standard InChI is InChI=1S/C13H24O4/c1-7(2)10(14)8-9(12(8,3)4)11(17-16)13(5,6)15/h7-9,11,15-16H,1-6H3. The van der Waals surface area contributed by atoms with Gasteiger partial charge in [0.1, 0.15) is 11.9 Å². The minimum absolute atomic E-state index is 0.0366. The molecule has 1 rings (SSSR count). The van der Waals surface area contributed by atoms with Crippen molar-refractivity contribution in [2.24, 2.45) is 23.2 Å². The van der Waals surface area contributed by atoms with E-state index in [2.05, 4.69) is 4.89 Å². The molecule has 0 aromatic rings. The van der Waals surface area contributed by atoms with Crippen LogP contribution >= 0.6 is 0 Å². The number of carbonyl (C=O) groups excluding carboxylic acids is 1. The van der Waals surface area contributed by atoms with Crippen molar-refractivity contribution in [1.82, 2.24) is 0 Å². The largest absolute Gasteiger partial charge is 0.388 e. The van der Waals surface area contributed by atoms with E-state index in [1.54, 1.807) is 13.8 Å². The van der Waals surface area contributed by atoms with Gasteiger partial charge in [-0.25, -0.2) is 4.89 Å². The van der Waals surface area contributed by atoms with Gasteiger partial charge in [-0.1, -0.05) is 27.7 Å². The van der Waals surface area contributed by atoms with Crippen molar-refractivity contribution < 1.29 is 20.0 Å². The Bertz CT molecular complexity index is 301. The van der Waals surface area contributed by atoms with Crippen LogP contribution < -0.4 is 0 Å². The molecule has 17 heavy (non-hydrogen) atoms. The number of ketones is 1. The highest BCUT2D eigenvalue weighted by Crippen LogP contribution is 2.62. The summed E-state index contributed by atoms with van der Waals surface area (Å²) >= 11 is 0. The molecule has 1 saturated carbocycles. The fourth-order valence-electron chi connectivity index (χ4n) is 2.78. The van der Waals surface area contributed by atoms with Crippen LogP contribution in [-0.2, 0) is 9.68 Å². The zero-order valence-corrected chi connectivity index (χ0v) is 11.5. The molecule has 4 nitrogen and oxygen atoms in total. The van der Waals surface area contributed by atoms with Crippen LogP contribution in [0.5, 0.6) is 0 Å². The molecule has 0 saturated heterocycles. The fraction of sp³-hybridized carbons (Fsp3) is 0.923. The van der Waals surface area contributed by atoms with Crippen LogP contribution in [0, 0.1) is 23.2 Å². The van der Waals surface area contributed by atoms with Crippen molar-refractivity contribution in [3.05, 3.63) is 0 Å². The number of hydrogen-bond donors (Lipinski definition) is 2. The maximum absolute atomic E-state index is 12.1. The summed E-state index contributed by atoms with van der Waals surface area (Å²) in [6, 6.07) is 0. The van der Waals surface area contributed by atoms with Gasteiger partial charge in [0.15, 0.2) is 0 Å². The highest BCUT2D eigenvalue weighted by atomic mass is 17.1. The number of hydrogen-bond acceptors (Lipinski definition) is 4. The molecular formula is C13H24O4. The zero-order chi connectivity index (χ0) is 13.6. The first-order valence-corrected chi connectivity index (χ1v) is 6.11. The van der Waals surface area contributed by atoms with Crippen LogP contribution in [0.2, 0.25) is 0 Å². The first-order chi connectivity index (χ1) is 7.55. The lowest BCUT2D eigenvalue weighted by Crippen LogP contribution is -2.41. The van der Waals surface area contributed by atoms with Crippen molar-refractivity contribution in [2.75, 3.05) is 0 Å². The molecule has 1 fully saturated rings. The smallest absolute Gasteiger partial charge is 0.139 e. The average Bonchev–Trinajstić information content (AvgIpc) is 2.66. The van der Waals surface area contributed by atoms with Gasteiger partial charge in [-0.15, -0.1) is 0 Å². The Balaban J connectivity index is 2.90. The SMILES string of the molecule is CC(C)C(=O)C1C(C(OO)C(C)(C)O)C1(C)C. The second-order valence-corrected chi connectivity index (χ2v) is 6.56. The minimum atomic E-state index is -1.16. The number of aliphatic hydroxyl groups is 1. The first-order valence-electron chi connectivity index (χ1n) is 6.11. The Morgan fingerprint density at radius 3 is 2.12 bits per heavy atom. The van der Waals surface area contributed by atoms with Gasteiger partial charge in [0.2, 0.25) is 0 Å². The van der Waals surface area contributed by atoms with E-state index in [9.17, 15) is 9.90 Å². The molecule has 4 heteroatoms. The van der Waals surface area contributed by atoms with Gasteiger partial charge in [0, 0.05) is 17.8 Å². The predicted molar refractivity (Wildman–Crippen MR) is 64.4 cm³/mol. The van der Waals surface area contributed by atoms with Crippen molar-refractivity contribution >= 4 is 5.78 Å². The molecule has 0 aromatic heterocycles. The maximum atomic E-state index is 12.1. The Labute approximate surface area is 103 Å². The van der Waals surface area contributed by atoms with E-state index in [0.717, 1.165) is 0 Å². The highest BCUT2D eigenvalue weighted by molar-refractivity contribution is 5.87. The molecule has 0 aromatic carbocycles. The number of Topliss-reactive ketones (excluding diaryl/α,β-unsaturated/α-hetero) is 1. The third kappa shape index (κ3) is 2.54. The molecule has 0 spiro atoms. The van der Waals surface area contributed by atoms with E-state index < -0.39 is 11.7 Å². The summed E-state index contributed by atoms with van der Waals surface area (Å²) in [5.74, 6) is -0.148. The summed E-state index contributed by atoms with van der Waals surface area (Å²) in [6.45, 7) is 10.8. The molecule has 0 aliphatic heterocycles.